The van der Waals surface area contributed by atoms with Gasteiger partial charge in [0, 0.05) is 41.2 Å². The first-order valence-electron chi connectivity index (χ1n) is 8.33. The van der Waals surface area contributed by atoms with Crippen LogP contribution in [0.1, 0.15) is 6.42 Å². The van der Waals surface area contributed by atoms with Crippen LogP contribution < -0.4 is 15.0 Å². The molecule has 2 amide bonds. The molecule has 0 radical (unpaired) electrons. The summed E-state index contributed by atoms with van der Waals surface area (Å²) in [5, 5.41) is 4.25. The van der Waals surface area contributed by atoms with E-state index in [0.29, 0.717) is 40.3 Å². The van der Waals surface area contributed by atoms with Crippen molar-refractivity contribution in [3.05, 3.63) is 57.5 Å². The average Bonchev–Trinajstić information content (AvgIpc) is 3.00. The topological polar surface area (TPSA) is 58.6 Å². The van der Waals surface area contributed by atoms with E-state index in [1.807, 2.05) is 12.1 Å². The molecule has 0 spiro atoms. The Kier molecular flexibility index (Phi) is 6.47. The molecule has 27 heavy (non-hydrogen) atoms. The Morgan fingerprint density at radius 2 is 1.81 bits per heavy atom. The quantitative estimate of drug-likeness (QED) is 0.752. The van der Waals surface area contributed by atoms with Gasteiger partial charge < -0.3 is 15.0 Å². The van der Waals surface area contributed by atoms with Crippen LogP contribution in [0.15, 0.2) is 42.5 Å². The molecule has 0 saturated carbocycles. The van der Waals surface area contributed by atoms with Crippen molar-refractivity contribution in [1.82, 2.24) is 5.32 Å². The monoisotopic (exact) mass is 426 g/mol. The van der Waals surface area contributed by atoms with Crippen molar-refractivity contribution in [2.24, 2.45) is 5.92 Å². The van der Waals surface area contributed by atoms with Gasteiger partial charge in [-0.3, -0.25) is 9.59 Å². The minimum Gasteiger partial charge on any atom is -0.482 e. The van der Waals surface area contributed by atoms with Crippen LogP contribution >= 0.6 is 34.8 Å². The van der Waals surface area contributed by atoms with Crippen molar-refractivity contribution in [2.45, 2.75) is 6.42 Å². The van der Waals surface area contributed by atoms with E-state index < -0.39 is 0 Å². The molecule has 1 aliphatic heterocycles. The SMILES string of the molecule is O=C(COc1ccc(Cl)cc1Cl)NCC1CC(=O)N(c2ccc(Cl)cc2)C1. The summed E-state index contributed by atoms with van der Waals surface area (Å²) in [6.45, 7) is 0.778. The van der Waals surface area contributed by atoms with Gasteiger partial charge in [0.05, 0.1) is 5.02 Å². The molecule has 1 fully saturated rings. The standard InChI is InChI=1S/C19H17Cl3N2O3/c20-13-1-4-15(5-2-13)24-10-12(7-19(24)26)9-23-18(25)11-27-17-6-3-14(21)8-16(17)22/h1-6,8,12H,7,9-11H2,(H,23,25). The van der Waals surface area contributed by atoms with E-state index in [2.05, 4.69) is 5.32 Å². The smallest absolute Gasteiger partial charge is 0.257 e. The van der Waals surface area contributed by atoms with Crippen molar-refractivity contribution < 1.29 is 14.3 Å². The molecule has 5 nitrogen and oxygen atoms in total. The third-order valence-corrected chi connectivity index (χ3v) is 4.97. The van der Waals surface area contributed by atoms with Crippen molar-refractivity contribution >= 4 is 52.3 Å². The number of ether oxygens (including phenoxy) is 1. The van der Waals surface area contributed by atoms with Crippen LogP contribution in [0, 0.1) is 5.92 Å². The fraction of sp³-hybridized carbons (Fsp3) is 0.263. The van der Waals surface area contributed by atoms with Crippen molar-refractivity contribution in [1.29, 1.82) is 0 Å². The van der Waals surface area contributed by atoms with Gasteiger partial charge in [-0.15, -0.1) is 0 Å². The lowest BCUT2D eigenvalue weighted by Gasteiger charge is -2.17. The summed E-state index contributed by atoms with van der Waals surface area (Å²) in [6, 6.07) is 11.9. The fourth-order valence-corrected chi connectivity index (χ4v) is 3.42. The van der Waals surface area contributed by atoms with Gasteiger partial charge in [0.15, 0.2) is 6.61 Å². The highest BCUT2D eigenvalue weighted by atomic mass is 35.5. The molecule has 1 heterocycles. The zero-order chi connectivity index (χ0) is 19.4. The first-order chi connectivity index (χ1) is 12.9. The number of rotatable bonds is 6. The van der Waals surface area contributed by atoms with Gasteiger partial charge in [-0.2, -0.15) is 0 Å². The normalized spacial score (nSPS) is 16.5. The van der Waals surface area contributed by atoms with Gasteiger partial charge in [0.1, 0.15) is 5.75 Å². The van der Waals surface area contributed by atoms with Crippen LogP contribution in [-0.4, -0.2) is 31.5 Å². The maximum absolute atomic E-state index is 12.2. The largest absolute Gasteiger partial charge is 0.482 e. The van der Waals surface area contributed by atoms with E-state index in [1.54, 1.807) is 35.2 Å². The van der Waals surface area contributed by atoms with Gasteiger partial charge in [0.2, 0.25) is 5.91 Å². The Hall–Kier alpha value is -1.95. The average molecular weight is 428 g/mol. The number of benzene rings is 2. The molecule has 1 N–H and O–H groups in total. The van der Waals surface area contributed by atoms with Gasteiger partial charge in [-0.05, 0) is 42.5 Å². The molecule has 0 aromatic heterocycles. The second-order valence-electron chi connectivity index (χ2n) is 6.22. The third-order valence-electron chi connectivity index (χ3n) is 4.18. The van der Waals surface area contributed by atoms with Crippen molar-refractivity contribution in [3.63, 3.8) is 0 Å². The number of amides is 2. The molecule has 0 aliphatic carbocycles. The molecular formula is C19H17Cl3N2O3. The minimum absolute atomic E-state index is 0.0285. The second kappa shape index (κ2) is 8.83. The highest BCUT2D eigenvalue weighted by Crippen LogP contribution is 2.28. The van der Waals surface area contributed by atoms with Crippen LogP contribution in [0.2, 0.25) is 15.1 Å². The van der Waals surface area contributed by atoms with E-state index in [1.165, 1.54) is 0 Å². The Labute approximate surface area is 172 Å². The minimum atomic E-state index is -0.279. The molecule has 2 aromatic carbocycles. The molecular weight excluding hydrogens is 411 g/mol. The summed E-state index contributed by atoms with van der Waals surface area (Å²) >= 11 is 17.7. The summed E-state index contributed by atoms with van der Waals surface area (Å²) in [4.78, 5) is 25.9. The van der Waals surface area contributed by atoms with Crippen LogP contribution in [0.4, 0.5) is 5.69 Å². The molecule has 1 unspecified atom stereocenters. The number of hydrogen-bond donors (Lipinski definition) is 1. The summed E-state index contributed by atoms with van der Waals surface area (Å²) in [6.07, 6.45) is 0.382. The van der Waals surface area contributed by atoms with Crippen LogP contribution in [-0.2, 0) is 9.59 Å². The molecule has 142 valence electrons. The number of hydrogen-bond acceptors (Lipinski definition) is 3. The van der Waals surface area contributed by atoms with E-state index in [0.717, 1.165) is 5.69 Å². The summed E-state index contributed by atoms with van der Waals surface area (Å²) in [5.41, 5.74) is 0.805. The van der Waals surface area contributed by atoms with Gasteiger partial charge in [0.25, 0.3) is 5.91 Å². The van der Waals surface area contributed by atoms with E-state index in [9.17, 15) is 9.59 Å². The molecule has 0 bridgehead atoms. The van der Waals surface area contributed by atoms with Crippen LogP contribution in [0.3, 0.4) is 0 Å². The lowest BCUT2D eigenvalue weighted by Crippen LogP contribution is -2.34. The number of nitrogens with one attached hydrogen (secondary N) is 1. The molecule has 1 atom stereocenters. The maximum atomic E-state index is 12.2. The molecule has 2 aromatic rings. The lowest BCUT2D eigenvalue weighted by molar-refractivity contribution is -0.123. The second-order valence-corrected chi connectivity index (χ2v) is 7.50. The Morgan fingerprint density at radius 1 is 1.11 bits per heavy atom. The number of halogens is 3. The molecule has 8 heteroatoms. The van der Waals surface area contributed by atoms with Gasteiger partial charge >= 0.3 is 0 Å². The van der Waals surface area contributed by atoms with Gasteiger partial charge in [-0.1, -0.05) is 34.8 Å². The Bertz CT molecular complexity index is 843. The van der Waals surface area contributed by atoms with E-state index >= 15 is 0 Å². The Balaban J connectivity index is 1.46. The summed E-state index contributed by atoms with van der Waals surface area (Å²) in [7, 11) is 0. The first kappa shape index (κ1) is 19.8. The van der Waals surface area contributed by atoms with Crippen LogP contribution in [0.5, 0.6) is 5.75 Å². The predicted molar refractivity (Wildman–Crippen MR) is 107 cm³/mol. The number of nitrogens with zero attached hydrogens (tertiary/aromatic N) is 1. The number of anilines is 1. The zero-order valence-electron chi connectivity index (χ0n) is 14.3. The maximum Gasteiger partial charge on any atom is 0.257 e. The molecule has 1 saturated heterocycles. The molecule has 1 aliphatic rings. The first-order valence-corrected chi connectivity index (χ1v) is 9.46. The summed E-state index contributed by atoms with van der Waals surface area (Å²) < 4.78 is 5.40. The lowest BCUT2D eigenvalue weighted by atomic mass is 10.1. The van der Waals surface area contributed by atoms with Crippen LogP contribution in [0.25, 0.3) is 0 Å². The van der Waals surface area contributed by atoms with E-state index in [-0.39, 0.29) is 24.3 Å². The predicted octanol–water partition coefficient (Wildman–Crippen LogP) is 4.19. The number of carbonyl (C=O) groups is 2. The zero-order valence-corrected chi connectivity index (χ0v) is 16.5. The summed E-state index contributed by atoms with van der Waals surface area (Å²) in [5.74, 6) is 0.177. The highest BCUT2D eigenvalue weighted by molar-refractivity contribution is 6.35. The van der Waals surface area contributed by atoms with Crippen molar-refractivity contribution in [2.75, 3.05) is 24.6 Å². The van der Waals surface area contributed by atoms with E-state index in [4.69, 9.17) is 39.5 Å². The van der Waals surface area contributed by atoms with Gasteiger partial charge in [-0.25, -0.2) is 0 Å². The fourth-order valence-electron chi connectivity index (χ4n) is 2.83. The Morgan fingerprint density at radius 3 is 2.52 bits per heavy atom. The number of carbonyl (C=O) groups excluding carboxylic acids is 2. The molecule has 3 rings (SSSR count). The third kappa shape index (κ3) is 5.28. The highest BCUT2D eigenvalue weighted by Gasteiger charge is 2.30. The van der Waals surface area contributed by atoms with Crippen molar-refractivity contribution in [3.8, 4) is 5.75 Å².